The van der Waals surface area contributed by atoms with Crippen molar-refractivity contribution in [2.75, 3.05) is 31.7 Å². The fourth-order valence-corrected chi connectivity index (χ4v) is 8.56. The normalized spacial score (nSPS) is 27.9. The number of carbonyl (C=O) groups is 1. The molecule has 0 radical (unpaired) electrons. The Balaban J connectivity index is 1.26. The maximum Gasteiger partial charge on any atom is 0.335 e. The van der Waals surface area contributed by atoms with Crippen LogP contribution in [0.1, 0.15) is 66.9 Å². The van der Waals surface area contributed by atoms with Crippen LogP contribution in [0.3, 0.4) is 0 Å². The summed E-state index contributed by atoms with van der Waals surface area (Å²) in [6.07, 6.45) is 8.64. The van der Waals surface area contributed by atoms with Crippen molar-refractivity contribution in [1.82, 2.24) is 0 Å². The molecule has 3 aliphatic carbocycles. The number of primary sulfonamides is 1. The monoisotopic (exact) mass is 628 g/mol. The zero-order valence-electron chi connectivity index (χ0n) is 24.8. The van der Waals surface area contributed by atoms with E-state index in [1.54, 1.807) is 32.2 Å². The minimum Gasteiger partial charge on any atom is -0.490 e. The molecule has 0 saturated heterocycles. The number of sulfonamides is 1. The molecule has 0 aromatic heterocycles. The summed E-state index contributed by atoms with van der Waals surface area (Å²) in [5.74, 6) is 0.650. The number of aryl methyl sites for hydroxylation is 1. The van der Waals surface area contributed by atoms with E-state index in [0.717, 1.165) is 68.1 Å². The van der Waals surface area contributed by atoms with Crippen molar-refractivity contribution < 1.29 is 27.8 Å². The lowest BCUT2D eigenvalue weighted by Gasteiger charge is -2.48. The van der Waals surface area contributed by atoms with Crippen LogP contribution in [0.15, 0.2) is 48.0 Å². The van der Waals surface area contributed by atoms with Gasteiger partial charge in [-0.25, -0.2) is 18.4 Å². The van der Waals surface area contributed by atoms with E-state index in [1.165, 1.54) is 16.7 Å². The van der Waals surface area contributed by atoms with E-state index in [-0.39, 0.29) is 23.0 Å². The van der Waals surface area contributed by atoms with Crippen LogP contribution in [-0.4, -0.2) is 57.7 Å². The Morgan fingerprint density at radius 1 is 1.26 bits per heavy atom. The number of methoxy groups -OCH3 is 1. The number of allylic oxidation sites excluding steroid dienone is 1. The number of fused-ring (bicyclic) bond motifs is 3. The predicted octanol–water partition coefficient (Wildman–Crippen LogP) is 5.57. The summed E-state index contributed by atoms with van der Waals surface area (Å²) in [5, 5.41) is 15.3. The van der Waals surface area contributed by atoms with E-state index in [1.807, 2.05) is 6.07 Å². The van der Waals surface area contributed by atoms with Gasteiger partial charge in [-0.2, -0.15) is 0 Å². The number of rotatable bonds is 9. The highest BCUT2D eigenvalue weighted by atomic mass is 35.5. The number of halogens is 1. The molecule has 10 heteroatoms. The van der Waals surface area contributed by atoms with Crippen LogP contribution in [0.2, 0.25) is 5.02 Å². The van der Waals surface area contributed by atoms with Crippen molar-refractivity contribution in [1.29, 1.82) is 0 Å². The van der Waals surface area contributed by atoms with Crippen LogP contribution in [-0.2, 0) is 26.6 Å². The molecule has 0 amide bonds. The lowest BCUT2D eigenvalue weighted by atomic mass is 9.65. The summed E-state index contributed by atoms with van der Waals surface area (Å²) in [4.78, 5) is 14.3. The number of hydrogen-bond donors (Lipinski definition) is 2. The van der Waals surface area contributed by atoms with Crippen molar-refractivity contribution in [2.45, 2.75) is 68.6 Å². The maximum atomic E-state index is 12.0. The van der Waals surface area contributed by atoms with Gasteiger partial charge in [0.2, 0.25) is 10.0 Å². The van der Waals surface area contributed by atoms with E-state index in [4.69, 9.17) is 26.2 Å². The summed E-state index contributed by atoms with van der Waals surface area (Å²) in [6, 6.07) is 11.4. The Morgan fingerprint density at radius 2 is 2.05 bits per heavy atom. The van der Waals surface area contributed by atoms with Crippen LogP contribution >= 0.6 is 11.6 Å². The highest BCUT2D eigenvalue weighted by molar-refractivity contribution is 7.89. The van der Waals surface area contributed by atoms with Crippen molar-refractivity contribution in [3.8, 4) is 5.75 Å². The molecule has 232 valence electrons. The SMILES string of the molecule is CO[C@H](C1=C[C@@H](C[C@@H](C)S(N)(=O)=O)C1)[C@@H]1CC[C@H]1CN1C[C@@]2(CCCc3cc(Cl)ccc32)COc2ccc(C(=O)O)cc21. The van der Waals surface area contributed by atoms with Crippen molar-refractivity contribution in [2.24, 2.45) is 22.9 Å². The van der Waals surface area contributed by atoms with Gasteiger partial charge in [0, 0.05) is 30.6 Å². The first kappa shape index (κ1) is 30.4. The Kier molecular flexibility index (Phi) is 8.30. The van der Waals surface area contributed by atoms with Gasteiger partial charge in [-0.15, -0.1) is 0 Å². The van der Waals surface area contributed by atoms with Crippen LogP contribution in [0.5, 0.6) is 5.75 Å². The standard InChI is InChI=1S/C33H41ClN2O6S/c1-20(43(35,39)40)12-21-13-25(14-21)31(41-2)27-8-5-24(27)17-36-18-33(11-3-4-22-15-26(34)7-9-28(22)33)19-42-30-10-6-23(32(37)38)16-29(30)36/h6-7,9-10,13,15-16,20-21,24,27,31H,3-5,8,11-12,14,17-19H2,1-2H3,(H,37,38)(H2,35,39,40)/t20-,21-,24+,27-,31-,33+/m1/s1. The quantitative estimate of drug-likeness (QED) is 0.349. The number of ether oxygens (including phenoxy) is 2. The van der Waals surface area contributed by atoms with Crippen molar-refractivity contribution >= 4 is 33.3 Å². The minimum absolute atomic E-state index is 0.0145. The highest BCUT2D eigenvalue weighted by Crippen LogP contribution is 2.48. The largest absolute Gasteiger partial charge is 0.490 e. The number of nitrogens with two attached hydrogens (primary N) is 1. The molecule has 2 aromatic rings. The first-order chi connectivity index (χ1) is 20.5. The number of carboxylic acid groups (broad SMARTS) is 1. The Labute approximate surface area is 259 Å². The molecule has 1 heterocycles. The average molecular weight is 629 g/mol. The molecule has 6 atom stereocenters. The summed E-state index contributed by atoms with van der Waals surface area (Å²) in [6.45, 7) is 3.70. The topological polar surface area (TPSA) is 119 Å². The zero-order chi connectivity index (χ0) is 30.5. The smallest absolute Gasteiger partial charge is 0.335 e. The third-order valence-electron chi connectivity index (χ3n) is 10.4. The average Bonchev–Trinajstić information content (AvgIpc) is 3.07. The Morgan fingerprint density at radius 3 is 2.72 bits per heavy atom. The van der Waals surface area contributed by atoms with Crippen LogP contribution < -0.4 is 14.8 Å². The van der Waals surface area contributed by atoms with Gasteiger partial charge in [-0.3, -0.25) is 0 Å². The molecule has 43 heavy (non-hydrogen) atoms. The Bertz CT molecular complexity index is 1540. The molecular formula is C33H41ClN2O6S. The van der Waals surface area contributed by atoms with Crippen LogP contribution in [0.4, 0.5) is 5.69 Å². The summed E-state index contributed by atoms with van der Waals surface area (Å²) < 4.78 is 36.0. The number of aromatic carboxylic acids is 1. The van der Waals surface area contributed by atoms with Gasteiger partial charge in [0.15, 0.2) is 0 Å². The lowest BCUT2D eigenvalue weighted by molar-refractivity contribution is 0.000417. The van der Waals surface area contributed by atoms with Gasteiger partial charge in [0.1, 0.15) is 5.75 Å². The zero-order valence-corrected chi connectivity index (χ0v) is 26.4. The number of hydrogen-bond acceptors (Lipinski definition) is 6. The fraction of sp³-hybridized carbons (Fsp3) is 0.545. The summed E-state index contributed by atoms with van der Waals surface area (Å²) in [5.41, 5.74) is 4.63. The molecule has 0 unspecified atom stereocenters. The number of benzene rings is 2. The molecular weight excluding hydrogens is 588 g/mol. The third-order valence-corrected chi connectivity index (χ3v) is 11.9. The minimum atomic E-state index is -3.54. The van der Waals surface area contributed by atoms with E-state index >= 15 is 0 Å². The van der Waals surface area contributed by atoms with Crippen LogP contribution in [0.25, 0.3) is 0 Å². The molecule has 1 aliphatic heterocycles. The summed E-state index contributed by atoms with van der Waals surface area (Å²) >= 11 is 6.39. The van der Waals surface area contributed by atoms with E-state index < -0.39 is 21.2 Å². The van der Waals surface area contributed by atoms with Gasteiger partial charge < -0.3 is 19.5 Å². The second-order valence-electron chi connectivity index (χ2n) is 13.1. The van der Waals surface area contributed by atoms with E-state index in [9.17, 15) is 18.3 Å². The molecule has 2 aromatic carbocycles. The van der Waals surface area contributed by atoms with Crippen molar-refractivity contribution in [3.63, 3.8) is 0 Å². The summed E-state index contributed by atoms with van der Waals surface area (Å²) in [7, 11) is -1.78. The third kappa shape index (κ3) is 5.93. The number of nitrogens with zero attached hydrogens (tertiary/aromatic N) is 1. The van der Waals surface area contributed by atoms with Gasteiger partial charge >= 0.3 is 5.97 Å². The maximum absolute atomic E-state index is 12.0. The van der Waals surface area contributed by atoms with Gasteiger partial charge in [0.25, 0.3) is 0 Å². The highest BCUT2D eigenvalue weighted by Gasteiger charge is 2.46. The molecule has 1 saturated carbocycles. The number of anilines is 1. The van der Waals surface area contributed by atoms with Gasteiger partial charge in [-0.05, 0) is 117 Å². The molecule has 1 fully saturated rings. The second-order valence-corrected chi connectivity index (χ2v) is 15.5. The lowest BCUT2D eigenvalue weighted by Crippen LogP contribution is -2.50. The van der Waals surface area contributed by atoms with Crippen molar-refractivity contribution in [3.05, 3.63) is 69.8 Å². The van der Waals surface area contributed by atoms with E-state index in [0.29, 0.717) is 24.9 Å². The molecule has 1 spiro atoms. The fourth-order valence-electron chi connectivity index (χ4n) is 7.85. The van der Waals surface area contributed by atoms with Gasteiger partial charge in [0.05, 0.1) is 29.2 Å². The second kappa shape index (κ2) is 11.7. The predicted molar refractivity (Wildman–Crippen MR) is 168 cm³/mol. The molecule has 0 bridgehead atoms. The molecule has 6 rings (SSSR count). The first-order valence-electron chi connectivity index (χ1n) is 15.3. The number of carboxylic acids is 1. The van der Waals surface area contributed by atoms with Gasteiger partial charge in [-0.1, -0.05) is 23.7 Å². The Hall–Kier alpha value is -2.59. The van der Waals surface area contributed by atoms with E-state index in [2.05, 4.69) is 23.1 Å². The molecule has 3 N–H and O–H groups in total. The van der Waals surface area contributed by atoms with Crippen LogP contribution in [0, 0.1) is 17.8 Å². The molecule has 4 aliphatic rings. The first-order valence-corrected chi connectivity index (χ1v) is 17.2. The molecule has 8 nitrogen and oxygen atoms in total.